The van der Waals surface area contributed by atoms with E-state index < -0.39 is 0 Å². The zero-order chi connectivity index (χ0) is 18.8. The Morgan fingerprint density at radius 3 is 2.69 bits per heavy atom. The highest BCUT2D eigenvalue weighted by molar-refractivity contribution is 5.79. The lowest BCUT2D eigenvalue weighted by atomic mass is 10.1. The number of benzene rings is 1. The van der Waals surface area contributed by atoms with Crippen molar-refractivity contribution in [2.24, 2.45) is 4.99 Å². The summed E-state index contributed by atoms with van der Waals surface area (Å²) >= 11 is 0. The van der Waals surface area contributed by atoms with E-state index in [-0.39, 0.29) is 5.60 Å². The largest absolute Gasteiger partial charge is 0.488 e. The number of aliphatic imine (C=N–C) groups is 1. The average molecular weight is 358 g/mol. The predicted molar refractivity (Wildman–Crippen MR) is 106 cm³/mol. The van der Waals surface area contributed by atoms with Crippen LogP contribution < -0.4 is 15.4 Å². The van der Waals surface area contributed by atoms with Crippen LogP contribution in [0.5, 0.6) is 5.75 Å². The molecule has 26 heavy (non-hydrogen) atoms. The monoisotopic (exact) mass is 357 g/mol. The third-order valence-electron chi connectivity index (χ3n) is 3.56. The molecular weight excluding hydrogens is 326 g/mol. The van der Waals surface area contributed by atoms with Crippen LogP contribution in [0.4, 0.5) is 0 Å². The highest BCUT2D eigenvalue weighted by atomic mass is 16.5. The van der Waals surface area contributed by atoms with Crippen LogP contribution in [0.3, 0.4) is 0 Å². The third kappa shape index (κ3) is 7.17. The lowest BCUT2D eigenvalue weighted by molar-refractivity contribution is 0.129. The van der Waals surface area contributed by atoms with Crippen molar-refractivity contribution < 1.29 is 4.74 Å². The fraction of sp³-hybridized carbons (Fsp3) is 0.500. The summed E-state index contributed by atoms with van der Waals surface area (Å²) in [5.41, 5.74) is 0.853. The van der Waals surface area contributed by atoms with Gasteiger partial charge in [0, 0.05) is 37.6 Å². The topological polar surface area (TPSA) is 63.5 Å². The molecule has 2 rings (SSSR count). The van der Waals surface area contributed by atoms with Crippen LogP contribution >= 0.6 is 0 Å². The van der Waals surface area contributed by atoms with Crippen LogP contribution in [0, 0.1) is 0 Å². The minimum atomic E-state index is -0.227. The van der Waals surface area contributed by atoms with Crippen molar-refractivity contribution in [3.05, 3.63) is 48.3 Å². The fourth-order valence-electron chi connectivity index (χ4n) is 2.45. The lowest BCUT2D eigenvalue weighted by Gasteiger charge is -2.23. The predicted octanol–water partition coefficient (Wildman–Crippen LogP) is 3.21. The van der Waals surface area contributed by atoms with E-state index in [1.807, 2.05) is 35.1 Å². The van der Waals surface area contributed by atoms with Gasteiger partial charge in [-0.25, -0.2) is 4.99 Å². The molecule has 0 atom stereocenters. The van der Waals surface area contributed by atoms with Crippen molar-refractivity contribution in [1.29, 1.82) is 0 Å². The molecular formula is C20H31N5O. The molecule has 142 valence electrons. The standard InChI is InChI=1S/C20H31N5O/c1-5-21-19(22-12-8-14-25-15-9-13-24-25)23-16-17-10-6-7-11-18(17)26-20(2,3)4/h6-7,9-11,13,15H,5,8,12,14,16H2,1-4H3,(H2,21,22,23). The van der Waals surface area contributed by atoms with Gasteiger partial charge in [-0.3, -0.25) is 4.68 Å². The number of hydrogen-bond acceptors (Lipinski definition) is 3. The summed E-state index contributed by atoms with van der Waals surface area (Å²) in [6.45, 7) is 11.4. The number of rotatable bonds is 8. The van der Waals surface area contributed by atoms with Crippen molar-refractivity contribution in [2.45, 2.75) is 52.8 Å². The van der Waals surface area contributed by atoms with E-state index in [1.54, 1.807) is 6.20 Å². The quantitative estimate of drug-likeness (QED) is 0.433. The minimum Gasteiger partial charge on any atom is -0.488 e. The molecule has 0 saturated carbocycles. The maximum atomic E-state index is 6.05. The van der Waals surface area contributed by atoms with Gasteiger partial charge in [0.25, 0.3) is 0 Å². The fourth-order valence-corrected chi connectivity index (χ4v) is 2.45. The molecule has 1 aromatic carbocycles. The number of guanidine groups is 1. The Labute approximate surface area is 156 Å². The second-order valence-electron chi connectivity index (χ2n) is 7.07. The molecule has 0 radical (unpaired) electrons. The second-order valence-corrected chi connectivity index (χ2v) is 7.07. The van der Waals surface area contributed by atoms with Gasteiger partial charge in [-0.2, -0.15) is 5.10 Å². The van der Waals surface area contributed by atoms with Gasteiger partial charge in [-0.15, -0.1) is 0 Å². The number of aryl methyl sites for hydroxylation is 1. The molecule has 0 aliphatic heterocycles. The molecule has 0 amide bonds. The zero-order valence-corrected chi connectivity index (χ0v) is 16.3. The summed E-state index contributed by atoms with van der Waals surface area (Å²) in [6.07, 6.45) is 4.76. The van der Waals surface area contributed by atoms with Gasteiger partial charge in [-0.1, -0.05) is 18.2 Å². The molecule has 1 heterocycles. The van der Waals surface area contributed by atoms with Crippen molar-refractivity contribution in [1.82, 2.24) is 20.4 Å². The first-order valence-electron chi connectivity index (χ1n) is 9.24. The molecule has 1 aromatic heterocycles. The lowest BCUT2D eigenvalue weighted by Crippen LogP contribution is -2.38. The third-order valence-corrected chi connectivity index (χ3v) is 3.56. The summed E-state index contributed by atoms with van der Waals surface area (Å²) < 4.78 is 7.98. The number of ether oxygens (including phenoxy) is 1. The van der Waals surface area contributed by atoms with Gasteiger partial charge in [0.15, 0.2) is 5.96 Å². The van der Waals surface area contributed by atoms with Crippen molar-refractivity contribution in [3.8, 4) is 5.75 Å². The van der Waals surface area contributed by atoms with E-state index in [0.717, 1.165) is 43.3 Å². The highest BCUT2D eigenvalue weighted by Crippen LogP contribution is 2.23. The van der Waals surface area contributed by atoms with Crippen LogP contribution in [0.25, 0.3) is 0 Å². The number of hydrogen-bond donors (Lipinski definition) is 2. The van der Waals surface area contributed by atoms with E-state index in [4.69, 9.17) is 9.73 Å². The van der Waals surface area contributed by atoms with E-state index in [1.165, 1.54) is 0 Å². The maximum Gasteiger partial charge on any atom is 0.191 e. The molecule has 0 aliphatic carbocycles. The SMILES string of the molecule is CCNC(=NCc1ccccc1OC(C)(C)C)NCCCn1cccn1. The Balaban J connectivity index is 1.91. The summed E-state index contributed by atoms with van der Waals surface area (Å²) in [7, 11) is 0. The smallest absolute Gasteiger partial charge is 0.191 e. The van der Waals surface area contributed by atoms with Crippen LogP contribution in [0.2, 0.25) is 0 Å². The van der Waals surface area contributed by atoms with Crippen molar-refractivity contribution in [2.75, 3.05) is 13.1 Å². The molecule has 0 fully saturated rings. The van der Waals surface area contributed by atoms with Crippen LogP contribution in [0.1, 0.15) is 39.7 Å². The molecule has 2 N–H and O–H groups in total. The molecule has 2 aromatic rings. The van der Waals surface area contributed by atoms with Crippen LogP contribution in [-0.4, -0.2) is 34.4 Å². The highest BCUT2D eigenvalue weighted by Gasteiger charge is 2.14. The van der Waals surface area contributed by atoms with E-state index in [2.05, 4.69) is 49.5 Å². The van der Waals surface area contributed by atoms with Gasteiger partial charge >= 0.3 is 0 Å². The summed E-state index contributed by atoms with van der Waals surface area (Å²) in [5, 5.41) is 10.9. The van der Waals surface area contributed by atoms with E-state index in [9.17, 15) is 0 Å². The van der Waals surface area contributed by atoms with Gasteiger partial charge in [-0.05, 0) is 46.2 Å². The number of aromatic nitrogens is 2. The first-order chi connectivity index (χ1) is 12.5. The molecule has 0 aliphatic rings. The molecule has 0 bridgehead atoms. The summed E-state index contributed by atoms with van der Waals surface area (Å²) in [5.74, 6) is 1.71. The zero-order valence-electron chi connectivity index (χ0n) is 16.3. The van der Waals surface area contributed by atoms with Crippen LogP contribution in [-0.2, 0) is 13.1 Å². The number of nitrogens with one attached hydrogen (secondary N) is 2. The van der Waals surface area contributed by atoms with Gasteiger partial charge < -0.3 is 15.4 Å². The first kappa shape index (κ1) is 19.8. The summed E-state index contributed by atoms with van der Waals surface area (Å²) in [4.78, 5) is 4.70. The van der Waals surface area contributed by atoms with Gasteiger partial charge in [0.1, 0.15) is 11.4 Å². The van der Waals surface area contributed by atoms with E-state index >= 15 is 0 Å². The molecule has 0 saturated heterocycles. The Morgan fingerprint density at radius 2 is 2.00 bits per heavy atom. The molecule has 0 unspecified atom stereocenters. The van der Waals surface area contributed by atoms with Gasteiger partial charge in [0.05, 0.1) is 6.54 Å². The van der Waals surface area contributed by atoms with Crippen molar-refractivity contribution >= 4 is 5.96 Å². The average Bonchev–Trinajstić information content (AvgIpc) is 3.09. The Hall–Kier alpha value is -2.50. The number of nitrogens with zero attached hydrogens (tertiary/aromatic N) is 3. The number of para-hydroxylation sites is 1. The normalized spacial score (nSPS) is 12.1. The first-order valence-corrected chi connectivity index (χ1v) is 9.24. The Kier molecular flexibility index (Phi) is 7.51. The maximum absolute atomic E-state index is 6.05. The van der Waals surface area contributed by atoms with Crippen molar-refractivity contribution in [3.63, 3.8) is 0 Å². The minimum absolute atomic E-state index is 0.227. The second kappa shape index (κ2) is 9.85. The van der Waals surface area contributed by atoms with E-state index in [0.29, 0.717) is 6.54 Å². The Bertz CT molecular complexity index is 674. The molecule has 6 nitrogen and oxygen atoms in total. The molecule has 6 heteroatoms. The molecule has 0 spiro atoms. The summed E-state index contributed by atoms with van der Waals surface area (Å²) in [6, 6.07) is 10.0. The van der Waals surface area contributed by atoms with Gasteiger partial charge in [0.2, 0.25) is 0 Å². The Morgan fingerprint density at radius 1 is 1.19 bits per heavy atom. The van der Waals surface area contributed by atoms with Crippen LogP contribution in [0.15, 0.2) is 47.7 Å².